The lowest BCUT2D eigenvalue weighted by Gasteiger charge is -2.33. The summed E-state index contributed by atoms with van der Waals surface area (Å²) in [5, 5.41) is 12.5. The summed E-state index contributed by atoms with van der Waals surface area (Å²) in [6, 6.07) is 3.55. The van der Waals surface area contributed by atoms with E-state index < -0.39 is 0 Å². The fourth-order valence-electron chi connectivity index (χ4n) is 2.58. The fraction of sp³-hybridized carbons (Fsp3) is 0.462. The quantitative estimate of drug-likeness (QED) is 0.644. The molecule has 0 spiro atoms. The molecule has 1 amide bonds. The molecule has 102 valence electrons. The molecule has 3 rings (SSSR count). The highest BCUT2D eigenvalue weighted by Gasteiger charge is 2.23. The normalized spacial score (nSPS) is 22.5. The maximum absolute atomic E-state index is 11.3. The van der Waals surface area contributed by atoms with Gasteiger partial charge in [-0.2, -0.15) is 0 Å². The first kappa shape index (κ1) is 12.1. The summed E-state index contributed by atoms with van der Waals surface area (Å²) in [7, 11) is 0. The molecule has 2 aliphatic rings. The van der Waals surface area contributed by atoms with Crippen molar-refractivity contribution >= 4 is 23.0 Å². The van der Waals surface area contributed by atoms with Crippen LogP contribution in [0, 0.1) is 0 Å². The highest BCUT2D eigenvalue weighted by atomic mass is 16.5. The number of fused-ring (bicyclic) bond motifs is 1. The minimum Gasteiger partial charge on any atom is -0.482 e. The molecule has 0 radical (unpaired) electrons. The summed E-state index contributed by atoms with van der Waals surface area (Å²) < 4.78 is 5.32. The van der Waals surface area contributed by atoms with Crippen LogP contribution in [-0.4, -0.2) is 36.8 Å². The molecule has 2 aliphatic heterocycles. The van der Waals surface area contributed by atoms with E-state index in [9.17, 15) is 9.90 Å². The van der Waals surface area contributed by atoms with E-state index in [-0.39, 0.29) is 18.6 Å². The van der Waals surface area contributed by atoms with Crippen molar-refractivity contribution in [2.45, 2.75) is 18.9 Å². The Morgan fingerprint density at radius 1 is 1.47 bits per heavy atom. The van der Waals surface area contributed by atoms with E-state index in [0.29, 0.717) is 23.7 Å². The number of hydrogen-bond donors (Lipinski definition) is 3. The van der Waals surface area contributed by atoms with Crippen molar-refractivity contribution in [1.29, 1.82) is 0 Å². The second-order valence-corrected chi connectivity index (χ2v) is 4.99. The Kier molecular flexibility index (Phi) is 2.94. The minimum absolute atomic E-state index is 0.0220. The number of ether oxygens (including phenoxy) is 1. The second kappa shape index (κ2) is 4.62. The summed E-state index contributed by atoms with van der Waals surface area (Å²) in [6.07, 6.45) is 1.43. The third-order valence-electron chi connectivity index (χ3n) is 3.50. The van der Waals surface area contributed by atoms with Crippen molar-refractivity contribution < 1.29 is 14.6 Å². The number of carbonyl (C=O) groups is 1. The molecular formula is C13H17N3O3. The van der Waals surface area contributed by atoms with Crippen molar-refractivity contribution in [1.82, 2.24) is 0 Å². The van der Waals surface area contributed by atoms with Crippen molar-refractivity contribution in [2.75, 3.05) is 35.6 Å². The predicted molar refractivity (Wildman–Crippen MR) is 72.4 cm³/mol. The first-order valence-corrected chi connectivity index (χ1v) is 6.42. The first-order chi connectivity index (χ1) is 9.13. The number of carbonyl (C=O) groups excluding carboxylic acids is 1. The van der Waals surface area contributed by atoms with Crippen LogP contribution in [0.4, 0.5) is 17.1 Å². The van der Waals surface area contributed by atoms with E-state index in [4.69, 9.17) is 10.5 Å². The van der Waals surface area contributed by atoms with Crippen LogP contribution in [0.2, 0.25) is 0 Å². The maximum atomic E-state index is 11.3. The number of piperidine rings is 1. The Bertz CT molecular complexity index is 518. The van der Waals surface area contributed by atoms with Gasteiger partial charge in [0.05, 0.1) is 23.2 Å². The van der Waals surface area contributed by atoms with Gasteiger partial charge in [-0.1, -0.05) is 0 Å². The standard InChI is InChI=1S/C13H17N3O3/c14-9-4-12-10(15-13(18)7-19-12)5-11(9)16-3-1-2-8(17)6-16/h4-5,8,17H,1-3,6-7,14H2,(H,15,18). The Balaban J connectivity index is 1.93. The third kappa shape index (κ3) is 2.31. The van der Waals surface area contributed by atoms with Gasteiger partial charge in [0.15, 0.2) is 6.61 Å². The average molecular weight is 263 g/mol. The zero-order chi connectivity index (χ0) is 13.4. The number of nitrogen functional groups attached to an aromatic ring is 1. The number of nitrogens with two attached hydrogens (primary N) is 1. The van der Waals surface area contributed by atoms with Gasteiger partial charge in [-0.05, 0) is 18.9 Å². The van der Waals surface area contributed by atoms with Crippen LogP contribution in [-0.2, 0) is 4.79 Å². The molecule has 1 saturated heterocycles. The number of aliphatic hydroxyl groups excluding tert-OH is 1. The van der Waals surface area contributed by atoms with Gasteiger partial charge < -0.3 is 25.8 Å². The molecule has 0 aromatic heterocycles. The molecule has 4 N–H and O–H groups in total. The fourth-order valence-corrected chi connectivity index (χ4v) is 2.58. The van der Waals surface area contributed by atoms with E-state index >= 15 is 0 Å². The second-order valence-electron chi connectivity index (χ2n) is 4.99. The van der Waals surface area contributed by atoms with Crippen LogP contribution in [0.3, 0.4) is 0 Å². The average Bonchev–Trinajstić information content (AvgIpc) is 2.38. The van der Waals surface area contributed by atoms with E-state index in [1.165, 1.54) is 0 Å². The zero-order valence-corrected chi connectivity index (χ0v) is 10.6. The number of nitrogens with zero attached hydrogens (tertiary/aromatic N) is 1. The molecule has 0 aliphatic carbocycles. The summed E-state index contributed by atoms with van der Waals surface area (Å²) in [6.45, 7) is 1.45. The first-order valence-electron chi connectivity index (χ1n) is 6.42. The number of aliphatic hydroxyl groups is 1. The lowest BCUT2D eigenvalue weighted by atomic mass is 10.1. The van der Waals surface area contributed by atoms with Gasteiger partial charge in [0.25, 0.3) is 5.91 Å². The summed E-state index contributed by atoms with van der Waals surface area (Å²) in [5.74, 6) is 0.431. The van der Waals surface area contributed by atoms with E-state index in [1.54, 1.807) is 6.07 Å². The predicted octanol–water partition coefficient (Wildman–Crippen LogP) is 0.561. The molecular weight excluding hydrogens is 246 g/mol. The van der Waals surface area contributed by atoms with Crippen molar-refractivity contribution in [2.24, 2.45) is 0 Å². The van der Waals surface area contributed by atoms with Crippen molar-refractivity contribution in [3.05, 3.63) is 12.1 Å². The highest BCUT2D eigenvalue weighted by molar-refractivity contribution is 5.97. The van der Waals surface area contributed by atoms with Gasteiger partial charge in [-0.15, -0.1) is 0 Å². The summed E-state index contributed by atoms with van der Waals surface area (Å²) in [4.78, 5) is 13.4. The molecule has 0 saturated carbocycles. The number of nitrogens with one attached hydrogen (secondary N) is 1. The number of amides is 1. The molecule has 6 nitrogen and oxygen atoms in total. The molecule has 2 heterocycles. The maximum Gasteiger partial charge on any atom is 0.262 e. The largest absolute Gasteiger partial charge is 0.482 e. The molecule has 0 bridgehead atoms. The van der Waals surface area contributed by atoms with E-state index in [2.05, 4.69) is 5.32 Å². The Labute approximate surface area is 111 Å². The molecule has 6 heteroatoms. The SMILES string of the molecule is Nc1cc2c(cc1N1CCCC(O)C1)NC(=O)CO2. The molecule has 1 fully saturated rings. The van der Waals surface area contributed by atoms with Crippen LogP contribution in [0.25, 0.3) is 0 Å². The van der Waals surface area contributed by atoms with Crippen LogP contribution in [0.1, 0.15) is 12.8 Å². The number of benzene rings is 1. The molecule has 1 unspecified atom stereocenters. The highest BCUT2D eigenvalue weighted by Crippen LogP contribution is 2.37. The number of anilines is 3. The Morgan fingerprint density at radius 3 is 3.11 bits per heavy atom. The Morgan fingerprint density at radius 2 is 2.32 bits per heavy atom. The molecule has 1 atom stereocenters. The van der Waals surface area contributed by atoms with Crippen LogP contribution in [0.15, 0.2) is 12.1 Å². The van der Waals surface area contributed by atoms with Crippen LogP contribution in [0.5, 0.6) is 5.75 Å². The lowest BCUT2D eigenvalue weighted by molar-refractivity contribution is -0.118. The number of rotatable bonds is 1. The summed E-state index contributed by atoms with van der Waals surface area (Å²) in [5.41, 5.74) is 8.12. The smallest absolute Gasteiger partial charge is 0.262 e. The lowest BCUT2D eigenvalue weighted by Crippen LogP contribution is -2.38. The molecule has 19 heavy (non-hydrogen) atoms. The van der Waals surface area contributed by atoms with Crippen LogP contribution >= 0.6 is 0 Å². The van der Waals surface area contributed by atoms with E-state index in [1.807, 2.05) is 11.0 Å². The van der Waals surface area contributed by atoms with E-state index in [0.717, 1.165) is 25.1 Å². The van der Waals surface area contributed by atoms with Gasteiger partial charge in [-0.25, -0.2) is 0 Å². The number of β-amino-alcohol motifs (C(OH)–C–C–N with tert-alkyl or cyclic N) is 1. The Hall–Kier alpha value is -1.95. The monoisotopic (exact) mass is 263 g/mol. The number of hydrogen-bond acceptors (Lipinski definition) is 5. The third-order valence-corrected chi connectivity index (χ3v) is 3.50. The van der Waals surface area contributed by atoms with Gasteiger partial charge in [-0.3, -0.25) is 4.79 Å². The minimum atomic E-state index is -0.324. The van der Waals surface area contributed by atoms with Gasteiger partial charge in [0, 0.05) is 19.2 Å². The molecule has 1 aromatic carbocycles. The van der Waals surface area contributed by atoms with Gasteiger partial charge >= 0.3 is 0 Å². The van der Waals surface area contributed by atoms with Crippen molar-refractivity contribution in [3.63, 3.8) is 0 Å². The molecule has 1 aromatic rings. The van der Waals surface area contributed by atoms with Crippen molar-refractivity contribution in [3.8, 4) is 5.75 Å². The van der Waals surface area contributed by atoms with Gasteiger partial charge in [0.2, 0.25) is 0 Å². The van der Waals surface area contributed by atoms with Gasteiger partial charge in [0.1, 0.15) is 5.75 Å². The summed E-state index contributed by atoms with van der Waals surface area (Å²) >= 11 is 0. The van der Waals surface area contributed by atoms with Crippen LogP contribution < -0.4 is 20.7 Å². The topological polar surface area (TPSA) is 87.8 Å². The zero-order valence-electron chi connectivity index (χ0n) is 10.6.